The van der Waals surface area contributed by atoms with Crippen LogP contribution < -0.4 is 4.74 Å². The Balaban J connectivity index is 2.47. The van der Waals surface area contributed by atoms with Crippen LogP contribution in [0.5, 0.6) is 5.75 Å². The fraction of sp³-hybridized carbons (Fsp3) is 0.400. The number of unbranched alkanes of at least 4 members (excludes halogenated alkanes) is 2. The number of hydrogen-bond donors (Lipinski definition) is 0. The second kappa shape index (κ2) is 7.66. The molecule has 92 valence electrons. The van der Waals surface area contributed by atoms with Crippen LogP contribution in [0.4, 0.5) is 0 Å². The van der Waals surface area contributed by atoms with Crippen LogP contribution in [0.1, 0.15) is 38.7 Å². The Morgan fingerprint density at radius 1 is 1.24 bits per heavy atom. The zero-order valence-electron chi connectivity index (χ0n) is 10.6. The Kier molecular flexibility index (Phi) is 6.08. The number of rotatable bonds is 7. The third kappa shape index (κ3) is 5.34. The predicted octanol–water partition coefficient (Wildman–Crippen LogP) is 3.86. The fourth-order valence-electron chi connectivity index (χ4n) is 1.50. The van der Waals surface area contributed by atoms with Gasteiger partial charge < -0.3 is 4.74 Å². The molecule has 0 aliphatic heterocycles. The Labute approximate surface area is 103 Å². The van der Waals surface area contributed by atoms with E-state index >= 15 is 0 Å². The molecule has 1 rings (SSSR count). The van der Waals surface area contributed by atoms with E-state index in [0.29, 0.717) is 0 Å². The van der Waals surface area contributed by atoms with Crippen molar-refractivity contribution >= 4 is 12.4 Å². The molecule has 0 fully saturated rings. The predicted molar refractivity (Wildman–Crippen MR) is 71.2 cm³/mol. The lowest BCUT2D eigenvalue weighted by Gasteiger charge is -2.05. The van der Waals surface area contributed by atoms with Crippen LogP contribution in [-0.4, -0.2) is 12.9 Å². The molecule has 0 aromatic heterocycles. The largest absolute Gasteiger partial charge is 0.494 e. The molecule has 1 aromatic rings. The smallest absolute Gasteiger partial charge is 0.145 e. The molecule has 0 spiro atoms. The van der Waals surface area contributed by atoms with E-state index < -0.39 is 0 Å². The van der Waals surface area contributed by atoms with Gasteiger partial charge in [-0.3, -0.25) is 4.79 Å². The molecule has 1 aromatic carbocycles. The van der Waals surface area contributed by atoms with Gasteiger partial charge in [-0.05, 0) is 42.7 Å². The lowest BCUT2D eigenvalue weighted by molar-refractivity contribution is -0.104. The molecule has 0 bridgehead atoms. The number of ether oxygens (including phenoxy) is 1. The van der Waals surface area contributed by atoms with Gasteiger partial charge in [0.15, 0.2) is 0 Å². The SMILES string of the molecule is CCCCCOc1ccc(C=C(C)C=O)cc1. The molecule has 0 radical (unpaired) electrons. The van der Waals surface area contributed by atoms with Crippen molar-refractivity contribution in [2.75, 3.05) is 6.61 Å². The topological polar surface area (TPSA) is 26.3 Å². The maximum absolute atomic E-state index is 10.5. The van der Waals surface area contributed by atoms with Crippen molar-refractivity contribution < 1.29 is 9.53 Å². The zero-order valence-corrected chi connectivity index (χ0v) is 10.6. The van der Waals surface area contributed by atoms with Gasteiger partial charge >= 0.3 is 0 Å². The van der Waals surface area contributed by atoms with Crippen molar-refractivity contribution in [3.63, 3.8) is 0 Å². The second-order valence-electron chi connectivity index (χ2n) is 4.13. The Bertz CT molecular complexity index is 363. The molecule has 0 atom stereocenters. The Morgan fingerprint density at radius 2 is 1.94 bits per heavy atom. The Hall–Kier alpha value is -1.57. The highest BCUT2D eigenvalue weighted by molar-refractivity contribution is 5.80. The standard InChI is InChI=1S/C15H20O2/c1-3-4-5-10-17-15-8-6-14(7-9-15)11-13(2)12-16/h6-9,11-12H,3-5,10H2,1-2H3. The number of allylic oxidation sites excluding steroid dienone is 1. The van der Waals surface area contributed by atoms with Gasteiger partial charge in [-0.1, -0.05) is 31.9 Å². The first-order valence-corrected chi connectivity index (χ1v) is 6.12. The highest BCUT2D eigenvalue weighted by Gasteiger charge is 1.94. The summed E-state index contributed by atoms with van der Waals surface area (Å²) in [5.74, 6) is 0.891. The van der Waals surface area contributed by atoms with E-state index in [1.807, 2.05) is 30.3 Å². The highest BCUT2D eigenvalue weighted by Crippen LogP contribution is 2.14. The third-order valence-electron chi connectivity index (χ3n) is 2.48. The van der Waals surface area contributed by atoms with Crippen LogP contribution >= 0.6 is 0 Å². The van der Waals surface area contributed by atoms with Crippen molar-refractivity contribution in [3.05, 3.63) is 35.4 Å². The van der Waals surface area contributed by atoms with Gasteiger partial charge in [0.1, 0.15) is 12.0 Å². The third-order valence-corrected chi connectivity index (χ3v) is 2.48. The molecule has 0 saturated carbocycles. The summed E-state index contributed by atoms with van der Waals surface area (Å²) in [6.07, 6.45) is 6.23. The van der Waals surface area contributed by atoms with Gasteiger partial charge in [0.25, 0.3) is 0 Å². The van der Waals surface area contributed by atoms with Crippen LogP contribution in [0.2, 0.25) is 0 Å². The van der Waals surface area contributed by atoms with Gasteiger partial charge in [0.05, 0.1) is 6.61 Å². The minimum atomic E-state index is 0.724. The lowest BCUT2D eigenvalue weighted by Crippen LogP contribution is -1.96. The molecular formula is C15H20O2. The molecule has 0 amide bonds. The van der Waals surface area contributed by atoms with E-state index in [-0.39, 0.29) is 0 Å². The van der Waals surface area contributed by atoms with Crippen LogP contribution in [0.15, 0.2) is 29.8 Å². The fourth-order valence-corrected chi connectivity index (χ4v) is 1.50. The van der Waals surface area contributed by atoms with Crippen molar-refractivity contribution in [1.29, 1.82) is 0 Å². The van der Waals surface area contributed by atoms with Gasteiger partial charge in [0, 0.05) is 0 Å². The summed E-state index contributed by atoms with van der Waals surface area (Å²) < 4.78 is 5.60. The zero-order chi connectivity index (χ0) is 12.5. The summed E-state index contributed by atoms with van der Waals surface area (Å²) in [7, 11) is 0. The van der Waals surface area contributed by atoms with Gasteiger partial charge in [-0.2, -0.15) is 0 Å². The van der Waals surface area contributed by atoms with Gasteiger partial charge in [-0.25, -0.2) is 0 Å². The summed E-state index contributed by atoms with van der Waals surface area (Å²) in [5.41, 5.74) is 1.75. The molecule has 2 heteroatoms. The van der Waals surface area contributed by atoms with E-state index in [2.05, 4.69) is 6.92 Å². The molecule has 0 unspecified atom stereocenters. The van der Waals surface area contributed by atoms with Crippen LogP contribution in [0.25, 0.3) is 6.08 Å². The lowest BCUT2D eigenvalue weighted by atomic mass is 10.1. The first-order valence-electron chi connectivity index (χ1n) is 6.12. The average Bonchev–Trinajstić information content (AvgIpc) is 2.36. The monoisotopic (exact) mass is 232 g/mol. The maximum Gasteiger partial charge on any atom is 0.145 e. The van der Waals surface area contributed by atoms with Crippen LogP contribution in [0.3, 0.4) is 0 Å². The first-order chi connectivity index (χ1) is 8.26. The normalized spacial score (nSPS) is 11.3. The number of carbonyl (C=O) groups is 1. The quantitative estimate of drug-likeness (QED) is 0.405. The van der Waals surface area contributed by atoms with Gasteiger partial charge in [0.2, 0.25) is 0 Å². The highest BCUT2D eigenvalue weighted by atomic mass is 16.5. The number of aldehydes is 1. The van der Waals surface area contributed by atoms with E-state index in [4.69, 9.17) is 4.74 Å². The van der Waals surface area contributed by atoms with E-state index in [1.54, 1.807) is 6.92 Å². The Morgan fingerprint density at radius 3 is 2.53 bits per heavy atom. The van der Waals surface area contributed by atoms with Crippen molar-refractivity contribution in [3.8, 4) is 5.75 Å². The van der Waals surface area contributed by atoms with E-state index in [1.165, 1.54) is 12.8 Å². The molecule has 17 heavy (non-hydrogen) atoms. The number of hydrogen-bond acceptors (Lipinski definition) is 2. The summed E-state index contributed by atoms with van der Waals surface area (Å²) in [6, 6.07) is 7.80. The molecule has 2 nitrogen and oxygen atoms in total. The molecule has 0 saturated heterocycles. The van der Waals surface area contributed by atoms with E-state index in [0.717, 1.165) is 36.2 Å². The summed E-state index contributed by atoms with van der Waals surface area (Å²) >= 11 is 0. The number of benzene rings is 1. The minimum absolute atomic E-state index is 0.724. The van der Waals surface area contributed by atoms with E-state index in [9.17, 15) is 4.79 Å². The van der Waals surface area contributed by atoms with Crippen LogP contribution in [0, 0.1) is 0 Å². The molecule has 0 N–H and O–H groups in total. The second-order valence-corrected chi connectivity index (χ2v) is 4.13. The average molecular weight is 232 g/mol. The first kappa shape index (κ1) is 13.5. The van der Waals surface area contributed by atoms with Crippen LogP contribution in [-0.2, 0) is 4.79 Å². The van der Waals surface area contributed by atoms with Gasteiger partial charge in [-0.15, -0.1) is 0 Å². The molecule has 0 aliphatic rings. The summed E-state index contributed by atoms with van der Waals surface area (Å²) in [4.78, 5) is 10.5. The van der Waals surface area contributed by atoms with Crippen molar-refractivity contribution in [2.45, 2.75) is 33.1 Å². The molecule has 0 aliphatic carbocycles. The minimum Gasteiger partial charge on any atom is -0.494 e. The maximum atomic E-state index is 10.5. The number of carbonyl (C=O) groups excluding carboxylic acids is 1. The molecular weight excluding hydrogens is 212 g/mol. The molecule has 0 heterocycles. The summed E-state index contributed by atoms with van der Waals surface area (Å²) in [6.45, 7) is 4.75. The van der Waals surface area contributed by atoms with Crippen molar-refractivity contribution in [1.82, 2.24) is 0 Å². The van der Waals surface area contributed by atoms with Crippen molar-refractivity contribution in [2.24, 2.45) is 0 Å². The summed E-state index contributed by atoms with van der Waals surface area (Å²) in [5, 5.41) is 0.